The van der Waals surface area contributed by atoms with Crippen LogP contribution in [-0.2, 0) is 11.2 Å². The molecule has 2 atom stereocenters. The minimum absolute atomic E-state index is 0.0196. The van der Waals surface area contributed by atoms with E-state index in [4.69, 9.17) is 0 Å². The number of amides is 1. The second-order valence-electron chi connectivity index (χ2n) is 4.89. The zero-order valence-corrected chi connectivity index (χ0v) is 12.4. The van der Waals surface area contributed by atoms with E-state index in [9.17, 15) is 4.79 Å². The van der Waals surface area contributed by atoms with Crippen molar-refractivity contribution >= 4 is 21.8 Å². The number of hydrogen-bond acceptors (Lipinski definition) is 1. The van der Waals surface area contributed by atoms with Gasteiger partial charge < -0.3 is 4.90 Å². The van der Waals surface area contributed by atoms with Crippen LogP contribution in [0.1, 0.15) is 31.7 Å². The Morgan fingerprint density at radius 1 is 1.44 bits per heavy atom. The molecule has 0 spiro atoms. The molecular weight excluding hydrogens is 290 g/mol. The van der Waals surface area contributed by atoms with Crippen LogP contribution in [-0.4, -0.2) is 28.2 Å². The maximum Gasteiger partial charge on any atom is 0.236 e. The van der Waals surface area contributed by atoms with E-state index >= 15 is 0 Å². The molecule has 1 aromatic carbocycles. The van der Waals surface area contributed by atoms with Gasteiger partial charge in [0.2, 0.25) is 5.91 Å². The highest BCUT2D eigenvalue weighted by Crippen LogP contribution is 2.24. The predicted octanol–water partition coefficient (Wildman–Crippen LogP) is 3.39. The highest BCUT2D eigenvalue weighted by molar-refractivity contribution is 9.10. The lowest BCUT2D eigenvalue weighted by Gasteiger charge is -2.26. The van der Waals surface area contributed by atoms with Crippen LogP contribution in [0, 0.1) is 0 Å². The first-order valence-electron chi connectivity index (χ1n) is 6.71. The van der Waals surface area contributed by atoms with Crippen LogP contribution < -0.4 is 0 Å². The Kier molecular flexibility index (Phi) is 4.81. The Hall–Kier alpha value is -0.830. The van der Waals surface area contributed by atoms with Crippen LogP contribution in [0.5, 0.6) is 0 Å². The summed E-state index contributed by atoms with van der Waals surface area (Å²) in [5.74, 6) is 0.260. The molecule has 0 radical (unpaired) electrons. The number of hydrogen-bond donors (Lipinski definition) is 0. The highest BCUT2D eigenvalue weighted by atomic mass is 79.9. The van der Waals surface area contributed by atoms with Crippen molar-refractivity contribution in [1.29, 1.82) is 0 Å². The summed E-state index contributed by atoms with van der Waals surface area (Å²) in [7, 11) is 0. The number of benzene rings is 1. The normalized spacial score (nSPS) is 21.0. The SMILES string of the molecule is CCC(Br)C(=O)N1CCCC1Cc1ccccc1. The maximum atomic E-state index is 12.3. The van der Waals surface area contributed by atoms with Crippen molar-refractivity contribution in [2.75, 3.05) is 6.54 Å². The molecule has 3 heteroatoms. The molecule has 98 valence electrons. The number of alkyl halides is 1. The molecule has 2 rings (SSSR count). The zero-order valence-electron chi connectivity index (χ0n) is 10.8. The summed E-state index contributed by atoms with van der Waals surface area (Å²) in [5.41, 5.74) is 1.32. The summed E-state index contributed by atoms with van der Waals surface area (Å²) in [4.78, 5) is 14.3. The predicted molar refractivity (Wildman–Crippen MR) is 77.9 cm³/mol. The van der Waals surface area contributed by atoms with Crippen molar-refractivity contribution in [3.63, 3.8) is 0 Å². The summed E-state index contributed by atoms with van der Waals surface area (Å²) in [6.45, 7) is 2.96. The molecule has 18 heavy (non-hydrogen) atoms. The van der Waals surface area contributed by atoms with Crippen molar-refractivity contribution < 1.29 is 4.79 Å². The van der Waals surface area contributed by atoms with Crippen LogP contribution >= 0.6 is 15.9 Å². The lowest BCUT2D eigenvalue weighted by atomic mass is 10.0. The van der Waals surface area contributed by atoms with Crippen LogP contribution in [0.25, 0.3) is 0 Å². The number of carbonyl (C=O) groups is 1. The van der Waals surface area contributed by atoms with Crippen LogP contribution in [0.15, 0.2) is 30.3 Å². The van der Waals surface area contributed by atoms with Crippen molar-refractivity contribution in [3.05, 3.63) is 35.9 Å². The van der Waals surface area contributed by atoms with Crippen molar-refractivity contribution in [1.82, 2.24) is 4.90 Å². The summed E-state index contributed by atoms with van der Waals surface area (Å²) in [6, 6.07) is 10.8. The summed E-state index contributed by atoms with van der Waals surface area (Å²) in [5, 5.41) is 0. The van der Waals surface area contributed by atoms with E-state index in [1.807, 2.05) is 13.0 Å². The third kappa shape index (κ3) is 3.14. The van der Waals surface area contributed by atoms with E-state index in [-0.39, 0.29) is 10.7 Å². The molecule has 0 saturated carbocycles. The van der Waals surface area contributed by atoms with Gasteiger partial charge in [-0.05, 0) is 31.2 Å². The standard InChI is InChI=1S/C15H20BrNO/c1-2-14(16)15(18)17-10-6-9-13(17)11-12-7-4-3-5-8-12/h3-5,7-8,13-14H,2,6,9-11H2,1H3. The molecule has 1 fully saturated rings. The van der Waals surface area contributed by atoms with Gasteiger partial charge in [-0.15, -0.1) is 0 Å². The second-order valence-corrected chi connectivity index (χ2v) is 6.00. The molecule has 0 aliphatic carbocycles. The summed E-state index contributed by atoms with van der Waals surface area (Å²) >= 11 is 3.47. The Bertz CT molecular complexity index is 393. The Morgan fingerprint density at radius 2 is 2.17 bits per heavy atom. The number of halogens is 1. The molecule has 1 saturated heterocycles. The number of likely N-dealkylation sites (tertiary alicyclic amines) is 1. The van der Waals surface area contributed by atoms with Gasteiger partial charge >= 0.3 is 0 Å². The van der Waals surface area contributed by atoms with Gasteiger partial charge in [-0.1, -0.05) is 53.2 Å². The molecule has 0 bridgehead atoms. The van der Waals surface area contributed by atoms with E-state index in [1.165, 1.54) is 5.56 Å². The van der Waals surface area contributed by atoms with Gasteiger partial charge in [0.25, 0.3) is 0 Å². The van der Waals surface area contributed by atoms with Crippen LogP contribution in [0.4, 0.5) is 0 Å². The van der Waals surface area contributed by atoms with E-state index in [0.717, 1.165) is 32.2 Å². The van der Waals surface area contributed by atoms with Gasteiger partial charge in [0.1, 0.15) is 0 Å². The lowest BCUT2D eigenvalue weighted by Crippen LogP contribution is -2.40. The molecule has 1 aromatic rings. The first-order chi connectivity index (χ1) is 8.72. The Balaban J connectivity index is 2.02. The fraction of sp³-hybridized carbons (Fsp3) is 0.533. The monoisotopic (exact) mass is 309 g/mol. The lowest BCUT2D eigenvalue weighted by molar-refractivity contribution is -0.131. The third-order valence-corrected chi connectivity index (χ3v) is 4.64. The summed E-state index contributed by atoms with van der Waals surface area (Å²) < 4.78 is 0. The minimum atomic E-state index is -0.0196. The zero-order chi connectivity index (χ0) is 13.0. The van der Waals surface area contributed by atoms with E-state index in [2.05, 4.69) is 45.1 Å². The molecule has 0 aromatic heterocycles. The molecule has 1 heterocycles. The van der Waals surface area contributed by atoms with Crippen molar-refractivity contribution in [2.24, 2.45) is 0 Å². The van der Waals surface area contributed by atoms with Crippen molar-refractivity contribution in [3.8, 4) is 0 Å². The third-order valence-electron chi connectivity index (χ3n) is 3.60. The Labute approximate surface area is 117 Å². The molecule has 0 N–H and O–H groups in total. The van der Waals surface area contributed by atoms with E-state index < -0.39 is 0 Å². The van der Waals surface area contributed by atoms with Gasteiger partial charge in [0, 0.05) is 12.6 Å². The molecule has 1 aliphatic rings. The summed E-state index contributed by atoms with van der Waals surface area (Å²) in [6.07, 6.45) is 4.10. The van der Waals surface area contributed by atoms with Crippen LogP contribution in [0.3, 0.4) is 0 Å². The molecule has 1 aliphatic heterocycles. The molecule has 1 amide bonds. The fourth-order valence-electron chi connectivity index (χ4n) is 2.58. The minimum Gasteiger partial charge on any atom is -0.338 e. The number of carbonyl (C=O) groups excluding carboxylic acids is 1. The topological polar surface area (TPSA) is 20.3 Å². The smallest absolute Gasteiger partial charge is 0.236 e. The molecule has 2 unspecified atom stereocenters. The fourth-order valence-corrected chi connectivity index (χ4v) is 2.84. The van der Waals surface area contributed by atoms with E-state index in [0.29, 0.717) is 6.04 Å². The van der Waals surface area contributed by atoms with Gasteiger partial charge in [0.05, 0.1) is 4.83 Å². The maximum absolute atomic E-state index is 12.3. The Morgan fingerprint density at radius 3 is 2.83 bits per heavy atom. The second kappa shape index (κ2) is 6.37. The van der Waals surface area contributed by atoms with Crippen molar-refractivity contribution in [2.45, 2.75) is 43.5 Å². The first kappa shape index (κ1) is 13.6. The van der Waals surface area contributed by atoms with Gasteiger partial charge in [-0.25, -0.2) is 0 Å². The molecular formula is C15H20BrNO. The number of nitrogens with zero attached hydrogens (tertiary/aromatic N) is 1. The number of rotatable bonds is 4. The quantitative estimate of drug-likeness (QED) is 0.781. The van der Waals surface area contributed by atoms with Gasteiger partial charge in [-0.2, -0.15) is 0 Å². The largest absolute Gasteiger partial charge is 0.338 e. The highest BCUT2D eigenvalue weighted by Gasteiger charge is 2.31. The average Bonchev–Trinajstić information content (AvgIpc) is 2.86. The van der Waals surface area contributed by atoms with Gasteiger partial charge in [0.15, 0.2) is 0 Å². The van der Waals surface area contributed by atoms with Crippen LogP contribution in [0.2, 0.25) is 0 Å². The van der Waals surface area contributed by atoms with Gasteiger partial charge in [-0.3, -0.25) is 4.79 Å². The van der Waals surface area contributed by atoms with E-state index in [1.54, 1.807) is 0 Å². The molecule has 2 nitrogen and oxygen atoms in total. The average molecular weight is 310 g/mol. The first-order valence-corrected chi connectivity index (χ1v) is 7.62.